The molecule has 5 nitrogen and oxygen atoms in total. The number of hydrogen-bond donors (Lipinski definition) is 1. The number of methoxy groups -OCH3 is 2. The third-order valence-corrected chi connectivity index (χ3v) is 2.99. The molecule has 2 rings (SSSR count). The van der Waals surface area contributed by atoms with E-state index >= 15 is 0 Å². The molecule has 1 heterocycles. The Morgan fingerprint density at radius 1 is 1.16 bits per heavy atom. The van der Waals surface area contributed by atoms with E-state index in [1.54, 1.807) is 18.9 Å². The van der Waals surface area contributed by atoms with Gasteiger partial charge in [-0.25, -0.2) is 0 Å². The van der Waals surface area contributed by atoms with Crippen LogP contribution in [0.4, 0.5) is 5.82 Å². The van der Waals surface area contributed by atoms with Crippen molar-refractivity contribution < 1.29 is 9.47 Å². The third-order valence-electron chi connectivity index (χ3n) is 2.99. The molecule has 19 heavy (non-hydrogen) atoms. The molecule has 0 aliphatic carbocycles. The molecule has 1 atom stereocenters. The van der Waals surface area contributed by atoms with Gasteiger partial charge in [0.1, 0.15) is 5.82 Å². The van der Waals surface area contributed by atoms with Crippen LogP contribution in [-0.4, -0.2) is 24.0 Å². The highest BCUT2D eigenvalue weighted by atomic mass is 16.5. The van der Waals surface area contributed by atoms with Crippen molar-refractivity contribution in [1.29, 1.82) is 0 Å². The van der Waals surface area contributed by atoms with Crippen molar-refractivity contribution in [3.05, 3.63) is 36.0 Å². The quantitative estimate of drug-likeness (QED) is 0.898. The summed E-state index contributed by atoms with van der Waals surface area (Å²) in [5.41, 5.74) is 1.11. The lowest BCUT2D eigenvalue weighted by Crippen LogP contribution is -2.07. The highest BCUT2D eigenvalue weighted by Gasteiger charge is 2.10. The van der Waals surface area contributed by atoms with Gasteiger partial charge >= 0.3 is 0 Å². The van der Waals surface area contributed by atoms with Crippen LogP contribution in [0.25, 0.3) is 0 Å². The van der Waals surface area contributed by atoms with Gasteiger partial charge in [0.25, 0.3) is 0 Å². The second kappa shape index (κ2) is 5.65. The van der Waals surface area contributed by atoms with E-state index in [4.69, 9.17) is 9.47 Å². The van der Waals surface area contributed by atoms with Gasteiger partial charge in [-0.1, -0.05) is 6.07 Å². The van der Waals surface area contributed by atoms with E-state index in [1.165, 1.54) is 0 Å². The highest BCUT2D eigenvalue weighted by molar-refractivity contribution is 5.45. The van der Waals surface area contributed by atoms with Gasteiger partial charge < -0.3 is 14.8 Å². The van der Waals surface area contributed by atoms with E-state index in [2.05, 4.69) is 17.3 Å². The molecule has 0 spiro atoms. The lowest BCUT2D eigenvalue weighted by molar-refractivity contribution is 0.354. The second-order valence-electron chi connectivity index (χ2n) is 4.36. The van der Waals surface area contributed by atoms with Crippen LogP contribution >= 0.6 is 0 Å². The molecule has 0 amide bonds. The van der Waals surface area contributed by atoms with Gasteiger partial charge in [0.05, 0.1) is 20.3 Å². The molecule has 5 heteroatoms. The van der Waals surface area contributed by atoms with Crippen molar-refractivity contribution in [2.45, 2.75) is 13.0 Å². The average molecular weight is 261 g/mol. The summed E-state index contributed by atoms with van der Waals surface area (Å²) in [6, 6.07) is 7.97. The first kappa shape index (κ1) is 13.3. The maximum absolute atomic E-state index is 5.31. The van der Waals surface area contributed by atoms with E-state index in [0.29, 0.717) is 0 Å². The molecule has 1 aromatic heterocycles. The summed E-state index contributed by atoms with van der Waals surface area (Å²) in [4.78, 5) is 0. The summed E-state index contributed by atoms with van der Waals surface area (Å²) in [6.07, 6.45) is 1.91. The van der Waals surface area contributed by atoms with Crippen molar-refractivity contribution in [3.8, 4) is 11.5 Å². The number of nitrogens with zero attached hydrogens (tertiary/aromatic N) is 2. The van der Waals surface area contributed by atoms with E-state index in [9.17, 15) is 0 Å². The van der Waals surface area contributed by atoms with Crippen molar-refractivity contribution >= 4 is 5.82 Å². The fourth-order valence-electron chi connectivity index (χ4n) is 1.92. The lowest BCUT2D eigenvalue weighted by atomic mass is 10.1. The monoisotopic (exact) mass is 261 g/mol. The molecule has 0 saturated heterocycles. The molecule has 2 aromatic rings. The number of nitrogens with one attached hydrogen (secondary N) is 1. The fourth-order valence-corrected chi connectivity index (χ4v) is 1.92. The molecule has 1 N–H and O–H groups in total. The molecule has 0 saturated carbocycles. The van der Waals surface area contributed by atoms with Crippen LogP contribution in [0.1, 0.15) is 18.5 Å². The van der Waals surface area contributed by atoms with Gasteiger partial charge in [0.2, 0.25) is 0 Å². The zero-order valence-electron chi connectivity index (χ0n) is 11.7. The Balaban J connectivity index is 2.16. The molecule has 0 bridgehead atoms. The van der Waals surface area contributed by atoms with Crippen LogP contribution in [0, 0.1) is 0 Å². The van der Waals surface area contributed by atoms with Gasteiger partial charge in [-0.2, -0.15) is 5.10 Å². The summed E-state index contributed by atoms with van der Waals surface area (Å²) < 4.78 is 12.3. The predicted molar refractivity (Wildman–Crippen MR) is 74.8 cm³/mol. The maximum Gasteiger partial charge on any atom is 0.161 e. The van der Waals surface area contributed by atoms with Crippen LogP contribution in [0.2, 0.25) is 0 Å². The number of hydrogen-bond acceptors (Lipinski definition) is 4. The van der Waals surface area contributed by atoms with E-state index < -0.39 is 0 Å². The SMILES string of the molecule is COc1ccc(C(C)Nc2ccn(C)n2)cc1OC. The van der Waals surface area contributed by atoms with Gasteiger partial charge in [-0.3, -0.25) is 4.68 Å². The Morgan fingerprint density at radius 2 is 1.89 bits per heavy atom. The predicted octanol–water partition coefficient (Wildman–Crippen LogP) is 2.61. The second-order valence-corrected chi connectivity index (χ2v) is 4.36. The normalized spacial score (nSPS) is 12.0. The molecular weight excluding hydrogens is 242 g/mol. The van der Waals surface area contributed by atoms with Gasteiger partial charge in [0, 0.05) is 19.3 Å². The van der Waals surface area contributed by atoms with Crippen LogP contribution in [0.3, 0.4) is 0 Å². The van der Waals surface area contributed by atoms with Gasteiger partial charge in [0.15, 0.2) is 11.5 Å². The minimum atomic E-state index is 0.134. The number of anilines is 1. The molecule has 0 aliphatic heterocycles. The zero-order valence-corrected chi connectivity index (χ0v) is 11.7. The zero-order chi connectivity index (χ0) is 13.8. The van der Waals surface area contributed by atoms with Gasteiger partial charge in [-0.05, 0) is 24.6 Å². The smallest absolute Gasteiger partial charge is 0.161 e. The minimum absolute atomic E-state index is 0.134. The summed E-state index contributed by atoms with van der Waals surface area (Å²) in [6.45, 7) is 2.08. The summed E-state index contributed by atoms with van der Waals surface area (Å²) >= 11 is 0. The van der Waals surface area contributed by atoms with Crippen molar-refractivity contribution in [3.63, 3.8) is 0 Å². The molecular formula is C14H19N3O2. The Labute approximate surface area is 113 Å². The Hall–Kier alpha value is -2.17. The third kappa shape index (κ3) is 2.99. The highest BCUT2D eigenvalue weighted by Crippen LogP contribution is 2.30. The first-order valence-electron chi connectivity index (χ1n) is 6.12. The molecule has 1 aromatic carbocycles. The summed E-state index contributed by atoms with van der Waals surface area (Å²) in [5.74, 6) is 2.32. The first-order valence-corrected chi connectivity index (χ1v) is 6.12. The summed E-state index contributed by atoms with van der Waals surface area (Å²) in [5, 5.41) is 7.64. The van der Waals surface area contributed by atoms with E-state index in [1.807, 2.05) is 37.5 Å². The number of aromatic nitrogens is 2. The largest absolute Gasteiger partial charge is 0.493 e. The number of aryl methyl sites for hydroxylation is 1. The standard InChI is InChI=1S/C14H19N3O2/c1-10(15-14-7-8-17(2)16-14)11-5-6-12(18-3)13(9-11)19-4/h5-10H,1-4H3,(H,15,16). The average Bonchev–Trinajstić information content (AvgIpc) is 2.83. The molecule has 0 aliphatic rings. The van der Waals surface area contributed by atoms with Crippen LogP contribution in [0.5, 0.6) is 11.5 Å². The number of benzene rings is 1. The number of rotatable bonds is 5. The van der Waals surface area contributed by atoms with Crippen LogP contribution < -0.4 is 14.8 Å². The number of ether oxygens (including phenoxy) is 2. The molecule has 0 fully saturated rings. The molecule has 1 unspecified atom stereocenters. The van der Waals surface area contributed by atoms with Gasteiger partial charge in [-0.15, -0.1) is 0 Å². The Morgan fingerprint density at radius 3 is 2.47 bits per heavy atom. The minimum Gasteiger partial charge on any atom is -0.493 e. The van der Waals surface area contributed by atoms with Crippen LogP contribution in [-0.2, 0) is 7.05 Å². The summed E-state index contributed by atoms with van der Waals surface area (Å²) in [7, 11) is 5.16. The van der Waals surface area contributed by atoms with E-state index in [0.717, 1.165) is 22.9 Å². The fraction of sp³-hybridized carbons (Fsp3) is 0.357. The van der Waals surface area contributed by atoms with Crippen LogP contribution in [0.15, 0.2) is 30.5 Å². The topological polar surface area (TPSA) is 48.3 Å². The first-order chi connectivity index (χ1) is 9.13. The molecule has 0 radical (unpaired) electrons. The lowest BCUT2D eigenvalue weighted by Gasteiger charge is -2.16. The maximum atomic E-state index is 5.31. The Bertz CT molecular complexity index is 551. The van der Waals surface area contributed by atoms with Crippen molar-refractivity contribution in [2.24, 2.45) is 7.05 Å². The van der Waals surface area contributed by atoms with E-state index in [-0.39, 0.29) is 6.04 Å². The van der Waals surface area contributed by atoms with Crippen molar-refractivity contribution in [2.75, 3.05) is 19.5 Å². The Kier molecular flexibility index (Phi) is 3.94. The molecule has 102 valence electrons. The van der Waals surface area contributed by atoms with Crippen molar-refractivity contribution in [1.82, 2.24) is 9.78 Å².